The Hall–Kier alpha value is -2.50. The Labute approximate surface area is 182 Å². The second-order valence-electron chi connectivity index (χ2n) is 8.54. The second-order valence-corrected chi connectivity index (χ2v) is 8.95. The average molecular weight is 427 g/mol. The van der Waals surface area contributed by atoms with Gasteiger partial charge in [-0.25, -0.2) is 4.79 Å². The molecule has 1 amide bonds. The number of nitrogens with zero attached hydrogens (tertiary/aromatic N) is 1. The van der Waals surface area contributed by atoms with Crippen LogP contribution in [0.2, 0.25) is 5.02 Å². The molecule has 5 nitrogen and oxygen atoms in total. The number of H-pyrrole nitrogens is 1. The Bertz CT molecular complexity index is 989. The van der Waals surface area contributed by atoms with Crippen LogP contribution >= 0.6 is 11.6 Å². The average Bonchev–Trinajstić information content (AvgIpc) is 3.13. The maximum atomic E-state index is 12.4. The van der Waals surface area contributed by atoms with Gasteiger partial charge in [-0.2, -0.15) is 0 Å². The molecule has 1 fully saturated rings. The number of ether oxygens (including phenoxy) is 1. The van der Waals surface area contributed by atoms with Crippen molar-refractivity contribution in [3.05, 3.63) is 65.2 Å². The highest BCUT2D eigenvalue weighted by Crippen LogP contribution is 2.29. The van der Waals surface area contributed by atoms with Crippen LogP contribution in [-0.4, -0.2) is 40.7 Å². The third kappa shape index (κ3) is 4.47. The van der Waals surface area contributed by atoms with E-state index in [1.807, 2.05) is 48.5 Å². The van der Waals surface area contributed by atoms with Crippen LogP contribution in [0.15, 0.2) is 54.6 Å². The Kier molecular flexibility index (Phi) is 6.02. The van der Waals surface area contributed by atoms with Crippen LogP contribution in [0.25, 0.3) is 10.9 Å². The highest BCUT2D eigenvalue weighted by molar-refractivity contribution is 6.31. The van der Waals surface area contributed by atoms with Gasteiger partial charge >= 0.3 is 6.09 Å². The molecule has 158 valence electrons. The number of carbonyl (C=O) groups excluding carboxylic acids is 1. The predicted molar refractivity (Wildman–Crippen MR) is 121 cm³/mol. The van der Waals surface area contributed by atoms with Crippen molar-refractivity contribution in [2.75, 3.05) is 13.1 Å². The summed E-state index contributed by atoms with van der Waals surface area (Å²) in [6.45, 7) is 7.47. The fraction of sp³-hybridized carbons (Fsp3) is 0.375. The number of quaternary nitrogens is 1. The molecule has 1 aliphatic heterocycles. The number of aromatic amines is 1. The van der Waals surface area contributed by atoms with Gasteiger partial charge in [0, 0.05) is 46.4 Å². The molecule has 3 aromatic rings. The first-order valence-corrected chi connectivity index (χ1v) is 11.0. The summed E-state index contributed by atoms with van der Waals surface area (Å²) in [5.41, 5.74) is 2.15. The Morgan fingerprint density at radius 3 is 2.57 bits per heavy atom. The highest BCUT2D eigenvalue weighted by Gasteiger charge is 2.37. The molecule has 0 aliphatic carbocycles. The zero-order chi connectivity index (χ0) is 21.1. The van der Waals surface area contributed by atoms with Crippen LogP contribution < -0.4 is 10.1 Å². The molecule has 0 unspecified atom stereocenters. The van der Waals surface area contributed by atoms with Crippen LogP contribution in [0.4, 0.5) is 4.79 Å². The summed E-state index contributed by atoms with van der Waals surface area (Å²) < 4.78 is 6.47. The van der Waals surface area contributed by atoms with Crippen molar-refractivity contribution in [1.82, 2.24) is 10.3 Å². The van der Waals surface area contributed by atoms with Crippen LogP contribution in [0.1, 0.15) is 32.3 Å². The molecule has 2 N–H and O–H groups in total. The number of carbonyl (C=O) groups is 1. The van der Waals surface area contributed by atoms with Crippen molar-refractivity contribution in [2.45, 2.75) is 45.3 Å². The van der Waals surface area contributed by atoms with E-state index in [1.54, 1.807) is 0 Å². The van der Waals surface area contributed by atoms with Crippen molar-refractivity contribution in [1.29, 1.82) is 0 Å². The van der Waals surface area contributed by atoms with Gasteiger partial charge in [0.2, 0.25) is 5.88 Å². The minimum absolute atomic E-state index is 0.123. The minimum Gasteiger partial charge on any atom is -0.393 e. The fourth-order valence-electron chi connectivity index (χ4n) is 4.45. The van der Waals surface area contributed by atoms with Gasteiger partial charge in [-0.05, 0) is 26.0 Å². The second kappa shape index (κ2) is 8.70. The van der Waals surface area contributed by atoms with E-state index in [4.69, 9.17) is 16.3 Å². The molecule has 1 saturated heterocycles. The summed E-state index contributed by atoms with van der Waals surface area (Å²) in [6, 6.07) is 18.4. The summed E-state index contributed by atoms with van der Waals surface area (Å²) in [4.78, 5) is 15.5. The van der Waals surface area contributed by atoms with Crippen molar-refractivity contribution in [3.63, 3.8) is 0 Å². The molecule has 0 bridgehead atoms. The smallest absolute Gasteiger partial charge is 0.393 e. The van der Waals surface area contributed by atoms with Gasteiger partial charge in [-0.3, -0.25) is 0 Å². The first-order chi connectivity index (χ1) is 14.4. The minimum atomic E-state index is -0.401. The lowest BCUT2D eigenvalue weighted by atomic mass is 9.98. The SMILES string of the molecule is CC(C)[N+]1(Cc2ccccc2Cl)CCC(NC(=O)Oc2cc3ccccc3[nH]2)CC1. The number of likely N-dealkylation sites (tertiary alicyclic amines) is 1. The Balaban J connectivity index is 1.35. The maximum absolute atomic E-state index is 12.4. The Morgan fingerprint density at radius 1 is 1.17 bits per heavy atom. The third-order valence-corrected chi connectivity index (χ3v) is 6.78. The first-order valence-electron chi connectivity index (χ1n) is 10.6. The lowest BCUT2D eigenvalue weighted by Crippen LogP contribution is -2.59. The highest BCUT2D eigenvalue weighted by atomic mass is 35.5. The lowest BCUT2D eigenvalue weighted by Gasteiger charge is -2.47. The van der Waals surface area contributed by atoms with Crippen molar-refractivity contribution >= 4 is 28.6 Å². The number of benzene rings is 2. The standard InChI is InChI=1S/C24H28ClN3O2/c1-17(2)28(16-19-8-3-5-9-21(19)25)13-11-20(12-14-28)26-24(29)30-23-15-18-7-4-6-10-22(18)27-23/h3-10,15,17,20,27H,11-14,16H2,1-2H3/p+1. The van der Waals surface area contributed by atoms with E-state index in [9.17, 15) is 4.79 Å². The third-order valence-electron chi connectivity index (χ3n) is 6.41. The number of para-hydroxylation sites is 1. The number of aromatic nitrogens is 1. The van der Waals surface area contributed by atoms with Crippen molar-refractivity contribution in [2.24, 2.45) is 0 Å². The number of halogens is 1. The molecule has 2 aromatic carbocycles. The monoisotopic (exact) mass is 426 g/mol. The largest absolute Gasteiger partial charge is 0.414 e. The number of fused-ring (bicyclic) bond motifs is 1. The molecule has 1 aromatic heterocycles. The van der Waals surface area contributed by atoms with Crippen LogP contribution in [0, 0.1) is 0 Å². The van der Waals surface area contributed by atoms with E-state index in [0.717, 1.165) is 52.9 Å². The fourth-order valence-corrected chi connectivity index (χ4v) is 4.64. The van der Waals surface area contributed by atoms with Gasteiger partial charge in [0.25, 0.3) is 0 Å². The Morgan fingerprint density at radius 2 is 1.87 bits per heavy atom. The number of amides is 1. The van der Waals surface area contributed by atoms with Crippen LogP contribution in [0.5, 0.6) is 5.88 Å². The van der Waals surface area contributed by atoms with E-state index in [2.05, 4.69) is 30.2 Å². The molecule has 30 heavy (non-hydrogen) atoms. The zero-order valence-electron chi connectivity index (χ0n) is 17.5. The molecule has 6 heteroatoms. The number of hydrogen-bond acceptors (Lipinski definition) is 2. The zero-order valence-corrected chi connectivity index (χ0v) is 18.3. The van der Waals surface area contributed by atoms with Gasteiger partial charge in [0.15, 0.2) is 0 Å². The molecule has 4 rings (SSSR count). The van der Waals surface area contributed by atoms with E-state index in [0.29, 0.717) is 11.9 Å². The van der Waals surface area contributed by atoms with E-state index < -0.39 is 6.09 Å². The van der Waals surface area contributed by atoms with Gasteiger partial charge in [-0.15, -0.1) is 0 Å². The molecular weight excluding hydrogens is 398 g/mol. The predicted octanol–water partition coefficient (Wildman–Crippen LogP) is 5.50. The van der Waals surface area contributed by atoms with E-state index >= 15 is 0 Å². The summed E-state index contributed by atoms with van der Waals surface area (Å²) >= 11 is 6.43. The van der Waals surface area contributed by atoms with Gasteiger partial charge in [0.1, 0.15) is 6.54 Å². The number of hydrogen-bond donors (Lipinski definition) is 2. The summed E-state index contributed by atoms with van der Waals surface area (Å²) in [6.07, 6.45) is 1.44. The topological polar surface area (TPSA) is 54.1 Å². The molecule has 0 saturated carbocycles. The maximum Gasteiger partial charge on any atom is 0.414 e. The lowest BCUT2D eigenvalue weighted by molar-refractivity contribution is -0.964. The van der Waals surface area contributed by atoms with Crippen LogP contribution in [-0.2, 0) is 6.54 Å². The molecule has 0 radical (unpaired) electrons. The van der Waals surface area contributed by atoms with Gasteiger partial charge in [0.05, 0.1) is 19.1 Å². The molecular formula is C24H29ClN3O2+. The number of piperidine rings is 1. The van der Waals surface area contributed by atoms with Crippen molar-refractivity contribution in [3.8, 4) is 5.88 Å². The quantitative estimate of drug-likeness (QED) is 0.529. The van der Waals surface area contributed by atoms with E-state index in [1.165, 1.54) is 5.56 Å². The molecule has 0 spiro atoms. The van der Waals surface area contributed by atoms with Gasteiger partial charge in [-0.1, -0.05) is 48.0 Å². The number of rotatable bonds is 5. The van der Waals surface area contributed by atoms with Gasteiger partial charge < -0.3 is 19.5 Å². The normalized spacial score (nSPS) is 21.7. The summed E-state index contributed by atoms with van der Waals surface area (Å²) in [7, 11) is 0. The molecule has 2 heterocycles. The van der Waals surface area contributed by atoms with Crippen LogP contribution in [0.3, 0.4) is 0 Å². The molecule has 1 aliphatic rings. The molecule has 0 atom stereocenters. The summed E-state index contributed by atoms with van der Waals surface area (Å²) in [5, 5.41) is 4.90. The number of nitrogens with one attached hydrogen (secondary N) is 2. The summed E-state index contributed by atoms with van der Waals surface area (Å²) in [5.74, 6) is 0.468. The van der Waals surface area contributed by atoms with Crippen molar-refractivity contribution < 1.29 is 14.0 Å². The first kappa shape index (κ1) is 20.8. The van der Waals surface area contributed by atoms with E-state index in [-0.39, 0.29) is 6.04 Å².